The molecule has 0 aliphatic rings. The number of benzene rings is 4. The van der Waals surface area contributed by atoms with Crippen molar-refractivity contribution in [2.75, 3.05) is 5.32 Å². The van der Waals surface area contributed by atoms with E-state index in [1.165, 1.54) is 22.9 Å². The molecule has 3 heterocycles. The third-order valence-corrected chi connectivity index (χ3v) is 6.95. The van der Waals surface area contributed by atoms with Gasteiger partial charge in [0.25, 0.3) is 5.56 Å². The van der Waals surface area contributed by atoms with Crippen LogP contribution in [0.3, 0.4) is 0 Å². The molecular weight excluding hydrogens is 533 g/mol. The minimum absolute atomic E-state index is 0.00736. The zero-order valence-corrected chi connectivity index (χ0v) is 22.1. The molecule has 0 unspecified atom stereocenters. The van der Waals surface area contributed by atoms with E-state index in [1.807, 2.05) is 60.7 Å². The molecule has 0 spiro atoms. The quantitative estimate of drug-likeness (QED) is 0.240. The van der Waals surface area contributed by atoms with Gasteiger partial charge in [-0.05, 0) is 48.5 Å². The number of fused-ring (bicyclic) bond motifs is 3. The summed E-state index contributed by atoms with van der Waals surface area (Å²) in [5.74, 6) is -0.0675. The second-order valence-electron chi connectivity index (χ2n) is 9.75. The van der Waals surface area contributed by atoms with E-state index in [4.69, 9.17) is 9.40 Å². The predicted molar refractivity (Wildman–Crippen MR) is 161 cm³/mol. The van der Waals surface area contributed by atoms with Crippen molar-refractivity contribution in [3.63, 3.8) is 0 Å². The van der Waals surface area contributed by atoms with Crippen molar-refractivity contribution in [3.8, 4) is 11.6 Å². The van der Waals surface area contributed by atoms with Crippen LogP contribution in [0.25, 0.3) is 44.4 Å². The van der Waals surface area contributed by atoms with Gasteiger partial charge in [-0.2, -0.15) is 9.78 Å². The van der Waals surface area contributed by atoms with Gasteiger partial charge in [0.2, 0.25) is 11.7 Å². The standard InChI is InChI=1S/C33H22FN5O3/c34-23-9-7-10-24(17-23)36-31(40)20-38-19-22(25-11-3-5-14-28(25)38)18-35-39-32(30-16-21-8-1-6-15-29(21)42-30)37-27-13-4-2-12-26(27)33(39)41/h1-19H,20H2,(H,36,40). The van der Waals surface area contributed by atoms with E-state index in [0.717, 1.165) is 16.3 Å². The first-order valence-electron chi connectivity index (χ1n) is 13.2. The van der Waals surface area contributed by atoms with Crippen LogP contribution in [-0.4, -0.2) is 26.3 Å². The Labute approximate surface area is 238 Å². The molecule has 0 saturated carbocycles. The molecule has 0 saturated heterocycles. The zero-order chi connectivity index (χ0) is 28.6. The molecule has 0 bridgehead atoms. The molecule has 42 heavy (non-hydrogen) atoms. The first kappa shape index (κ1) is 25.2. The third kappa shape index (κ3) is 4.62. The van der Waals surface area contributed by atoms with E-state index in [-0.39, 0.29) is 23.8 Å². The number of carbonyl (C=O) groups excluding carboxylic acids is 1. The monoisotopic (exact) mass is 555 g/mol. The fourth-order valence-corrected chi connectivity index (χ4v) is 5.03. The van der Waals surface area contributed by atoms with Crippen LogP contribution in [-0.2, 0) is 11.3 Å². The zero-order valence-electron chi connectivity index (χ0n) is 22.1. The fourth-order valence-electron chi connectivity index (χ4n) is 5.03. The average molecular weight is 556 g/mol. The number of anilines is 1. The Balaban J connectivity index is 1.29. The van der Waals surface area contributed by atoms with Gasteiger partial charge in [0.05, 0.1) is 17.1 Å². The predicted octanol–water partition coefficient (Wildman–Crippen LogP) is 6.42. The van der Waals surface area contributed by atoms with E-state index < -0.39 is 5.82 Å². The summed E-state index contributed by atoms with van der Waals surface area (Å²) in [5, 5.41) is 9.46. The van der Waals surface area contributed by atoms with Crippen molar-refractivity contribution in [1.82, 2.24) is 14.2 Å². The molecular formula is C33H22FN5O3. The number of aromatic nitrogens is 3. The van der Waals surface area contributed by atoms with Gasteiger partial charge >= 0.3 is 0 Å². The molecule has 0 atom stereocenters. The number of rotatable bonds is 6. The highest BCUT2D eigenvalue weighted by atomic mass is 19.1. The Morgan fingerprint density at radius 3 is 2.57 bits per heavy atom. The van der Waals surface area contributed by atoms with Gasteiger partial charge in [0.1, 0.15) is 17.9 Å². The van der Waals surface area contributed by atoms with Gasteiger partial charge in [-0.1, -0.05) is 54.6 Å². The number of carbonyl (C=O) groups is 1. The minimum atomic E-state index is -0.432. The second kappa shape index (κ2) is 10.3. The van der Waals surface area contributed by atoms with Crippen molar-refractivity contribution >= 4 is 50.6 Å². The van der Waals surface area contributed by atoms with E-state index in [1.54, 1.807) is 41.2 Å². The summed E-state index contributed by atoms with van der Waals surface area (Å²) < 4.78 is 22.7. The van der Waals surface area contributed by atoms with Crippen molar-refractivity contribution in [3.05, 3.63) is 131 Å². The van der Waals surface area contributed by atoms with Gasteiger partial charge in [0, 0.05) is 33.7 Å². The van der Waals surface area contributed by atoms with Gasteiger partial charge in [-0.15, -0.1) is 0 Å². The molecule has 7 aromatic rings. The van der Waals surface area contributed by atoms with Crippen molar-refractivity contribution in [1.29, 1.82) is 0 Å². The first-order chi connectivity index (χ1) is 20.5. The molecule has 0 radical (unpaired) electrons. The van der Waals surface area contributed by atoms with E-state index in [0.29, 0.717) is 33.5 Å². The van der Waals surface area contributed by atoms with Crippen LogP contribution < -0.4 is 10.9 Å². The Bertz CT molecular complexity index is 2190. The molecule has 8 nitrogen and oxygen atoms in total. The number of nitrogens with one attached hydrogen (secondary N) is 1. The molecule has 0 fully saturated rings. The topological polar surface area (TPSA) is 94.4 Å². The van der Waals surface area contributed by atoms with Crippen molar-refractivity contribution in [2.24, 2.45) is 5.10 Å². The summed E-state index contributed by atoms with van der Waals surface area (Å²) in [5.41, 5.74) is 2.73. The molecule has 7 rings (SSSR count). The number of amides is 1. The SMILES string of the molecule is O=C(Cn1cc(C=Nn2c(-c3cc4ccccc4o3)nc3ccccc3c2=O)c2ccccc21)Nc1cccc(F)c1. The van der Waals surface area contributed by atoms with Gasteiger partial charge in [-0.3, -0.25) is 9.59 Å². The Morgan fingerprint density at radius 1 is 0.929 bits per heavy atom. The lowest BCUT2D eigenvalue weighted by molar-refractivity contribution is -0.116. The molecule has 9 heteroatoms. The van der Waals surface area contributed by atoms with Crippen molar-refractivity contribution < 1.29 is 13.6 Å². The molecule has 1 amide bonds. The van der Waals surface area contributed by atoms with Gasteiger partial charge < -0.3 is 14.3 Å². The van der Waals surface area contributed by atoms with Crippen LogP contribution >= 0.6 is 0 Å². The summed E-state index contributed by atoms with van der Waals surface area (Å²) in [6.07, 6.45) is 3.37. The van der Waals surface area contributed by atoms with Crippen LogP contribution in [0, 0.1) is 5.82 Å². The lowest BCUT2D eigenvalue weighted by atomic mass is 10.2. The highest BCUT2D eigenvalue weighted by Gasteiger charge is 2.17. The smallest absolute Gasteiger partial charge is 0.282 e. The highest BCUT2D eigenvalue weighted by molar-refractivity contribution is 6.00. The third-order valence-electron chi connectivity index (χ3n) is 6.95. The molecule has 0 aliphatic carbocycles. The molecule has 204 valence electrons. The Hall–Kier alpha value is -5.83. The number of furan rings is 1. The number of para-hydroxylation sites is 3. The van der Waals surface area contributed by atoms with Gasteiger partial charge in [0.15, 0.2) is 5.76 Å². The summed E-state index contributed by atoms with van der Waals surface area (Å²) in [7, 11) is 0. The van der Waals surface area contributed by atoms with E-state index in [9.17, 15) is 14.0 Å². The van der Waals surface area contributed by atoms with Crippen molar-refractivity contribution in [2.45, 2.75) is 6.54 Å². The molecule has 3 aromatic heterocycles. The van der Waals surface area contributed by atoms with Crippen LogP contribution in [0.4, 0.5) is 10.1 Å². The number of hydrogen-bond donors (Lipinski definition) is 1. The number of halogens is 1. The van der Waals surface area contributed by atoms with E-state index in [2.05, 4.69) is 10.4 Å². The second-order valence-corrected chi connectivity index (χ2v) is 9.75. The number of nitrogens with zero attached hydrogens (tertiary/aromatic N) is 4. The first-order valence-corrected chi connectivity index (χ1v) is 13.2. The van der Waals surface area contributed by atoms with Crippen LogP contribution in [0.5, 0.6) is 0 Å². The lowest BCUT2D eigenvalue weighted by Gasteiger charge is -2.07. The molecule has 0 aliphatic heterocycles. The summed E-state index contributed by atoms with van der Waals surface area (Å²) in [6.45, 7) is -0.00736. The lowest BCUT2D eigenvalue weighted by Crippen LogP contribution is -2.20. The molecule has 4 aromatic carbocycles. The largest absolute Gasteiger partial charge is 0.453 e. The number of hydrogen-bond acceptors (Lipinski definition) is 5. The maximum Gasteiger partial charge on any atom is 0.282 e. The van der Waals surface area contributed by atoms with Gasteiger partial charge in [-0.25, -0.2) is 9.37 Å². The molecule has 1 N–H and O–H groups in total. The normalized spacial score (nSPS) is 11.6. The van der Waals surface area contributed by atoms with Crippen LogP contribution in [0.2, 0.25) is 0 Å². The van der Waals surface area contributed by atoms with Crippen LogP contribution in [0.1, 0.15) is 5.56 Å². The summed E-state index contributed by atoms with van der Waals surface area (Å²) in [6, 6.07) is 29.8. The Morgan fingerprint density at radius 2 is 1.71 bits per heavy atom. The summed E-state index contributed by atoms with van der Waals surface area (Å²) >= 11 is 0. The van der Waals surface area contributed by atoms with E-state index >= 15 is 0 Å². The summed E-state index contributed by atoms with van der Waals surface area (Å²) in [4.78, 5) is 31.2. The maximum atomic E-state index is 13.7. The average Bonchev–Trinajstić information content (AvgIpc) is 3.58. The highest BCUT2D eigenvalue weighted by Crippen LogP contribution is 2.27. The fraction of sp³-hybridized carbons (Fsp3) is 0.0303. The minimum Gasteiger partial charge on any atom is -0.453 e. The van der Waals surface area contributed by atoms with Crippen LogP contribution in [0.15, 0.2) is 124 Å². The Kier molecular flexibility index (Phi) is 6.16. The maximum absolute atomic E-state index is 13.7.